The molecule has 226 valence electrons. The molecule has 0 saturated carbocycles. The summed E-state index contributed by atoms with van der Waals surface area (Å²) >= 11 is 0. The minimum atomic E-state index is -3.96. The molecule has 1 N–H and O–H groups in total. The first-order chi connectivity index (χ1) is 20.1. The van der Waals surface area contributed by atoms with E-state index in [0.717, 1.165) is 40.1 Å². The summed E-state index contributed by atoms with van der Waals surface area (Å²) in [6.45, 7) is 4.04. The van der Waals surface area contributed by atoms with Crippen molar-refractivity contribution in [3.8, 4) is 11.5 Å². The summed E-state index contributed by atoms with van der Waals surface area (Å²) < 4.78 is 38.0. The van der Waals surface area contributed by atoms with E-state index in [1.807, 2.05) is 68.4 Å². The van der Waals surface area contributed by atoms with Crippen LogP contribution in [0.25, 0.3) is 0 Å². The van der Waals surface area contributed by atoms with Crippen molar-refractivity contribution < 1.29 is 27.5 Å². The molecule has 2 amide bonds. The Morgan fingerprint density at radius 3 is 2.26 bits per heavy atom. The molecule has 1 atom stereocenters. The largest absolute Gasteiger partial charge is 0.497 e. The molecule has 0 fully saturated rings. The zero-order chi connectivity index (χ0) is 30.7. The van der Waals surface area contributed by atoms with E-state index in [4.69, 9.17) is 9.47 Å². The fourth-order valence-corrected chi connectivity index (χ4v) is 5.50. The first-order valence-electron chi connectivity index (χ1n) is 13.9. The average Bonchev–Trinajstić information content (AvgIpc) is 2.97. The molecule has 0 spiro atoms. The molecule has 10 heteroatoms. The zero-order valence-corrected chi connectivity index (χ0v) is 25.8. The summed E-state index contributed by atoms with van der Waals surface area (Å²) in [6.07, 6.45) is 3.00. The highest BCUT2D eigenvalue weighted by Crippen LogP contribution is 2.34. The van der Waals surface area contributed by atoms with Crippen molar-refractivity contribution in [3.05, 3.63) is 89.5 Å². The number of anilines is 1. The number of hydrogen-bond acceptors (Lipinski definition) is 6. The van der Waals surface area contributed by atoms with E-state index in [-0.39, 0.29) is 30.3 Å². The highest BCUT2D eigenvalue weighted by molar-refractivity contribution is 7.92. The summed E-state index contributed by atoms with van der Waals surface area (Å²) in [6, 6.07) is 21.0. The van der Waals surface area contributed by atoms with Crippen LogP contribution in [0.2, 0.25) is 0 Å². The Bertz CT molecular complexity index is 1450. The molecule has 0 aliphatic carbocycles. The summed E-state index contributed by atoms with van der Waals surface area (Å²) in [7, 11) is -1.06. The quantitative estimate of drug-likeness (QED) is 0.262. The van der Waals surface area contributed by atoms with Crippen LogP contribution in [-0.4, -0.2) is 64.7 Å². The van der Waals surface area contributed by atoms with Gasteiger partial charge in [0.1, 0.15) is 24.1 Å². The van der Waals surface area contributed by atoms with Gasteiger partial charge in [0.2, 0.25) is 21.8 Å². The lowest BCUT2D eigenvalue weighted by Gasteiger charge is -2.34. The van der Waals surface area contributed by atoms with Gasteiger partial charge in [-0.2, -0.15) is 0 Å². The topological polar surface area (TPSA) is 105 Å². The Kier molecular flexibility index (Phi) is 11.8. The Labute approximate surface area is 249 Å². The van der Waals surface area contributed by atoms with Crippen LogP contribution in [0.15, 0.2) is 72.8 Å². The van der Waals surface area contributed by atoms with Gasteiger partial charge in [-0.3, -0.25) is 13.9 Å². The summed E-state index contributed by atoms with van der Waals surface area (Å²) in [5.74, 6) is -0.158. The summed E-state index contributed by atoms with van der Waals surface area (Å²) in [5.41, 5.74) is 2.87. The number of hydrogen-bond donors (Lipinski definition) is 1. The molecule has 0 aliphatic rings. The Morgan fingerprint density at radius 1 is 0.929 bits per heavy atom. The fraction of sp³-hybridized carbons (Fsp3) is 0.375. The van der Waals surface area contributed by atoms with Crippen molar-refractivity contribution in [3.63, 3.8) is 0 Å². The van der Waals surface area contributed by atoms with Crippen LogP contribution in [0, 0.1) is 6.92 Å². The molecule has 0 radical (unpaired) electrons. The Hall–Kier alpha value is -4.05. The fourth-order valence-electron chi connectivity index (χ4n) is 4.65. The number of benzene rings is 3. The van der Waals surface area contributed by atoms with Gasteiger partial charge in [0, 0.05) is 25.6 Å². The number of rotatable bonds is 15. The van der Waals surface area contributed by atoms with Crippen LogP contribution in [0.5, 0.6) is 11.5 Å². The number of nitrogens with one attached hydrogen (secondary N) is 1. The number of carbonyl (C=O) groups is 2. The van der Waals surface area contributed by atoms with Crippen LogP contribution < -0.4 is 19.1 Å². The smallest absolute Gasteiger partial charge is 0.244 e. The summed E-state index contributed by atoms with van der Waals surface area (Å²) in [4.78, 5) is 29.4. The van der Waals surface area contributed by atoms with Crippen molar-refractivity contribution in [2.45, 2.75) is 45.7 Å². The number of unbranched alkanes of at least 4 members (excludes halogenated alkanes) is 1. The van der Waals surface area contributed by atoms with E-state index in [2.05, 4.69) is 5.32 Å². The van der Waals surface area contributed by atoms with Gasteiger partial charge in [-0.05, 0) is 36.6 Å². The number of nitrogens with zero attached hydrogens (tertiary/aromatic N) is 2. The molecule has 3 aromatic rings. The molecule has 0 bridgehead atoms. The molecule has 0 saturated heterocycles. The lowest BCUT2D eigenvalue weighted by atomic mass is 10.0. The van der Waals surface area contributed by atoms with E-state index in [1.165, 1.54) is 25.2 Å². The normalized spacial score (nSPS) is 11.8. The molecule has 0 unspecified atom stereocenters. The molecule has 42 heavy (non-hydrogen) atoms. The predicted octanol–water partition coefficient (Wildman–Crippen LogP) is 4.33. The van der Waals surface area contributed by atoms with Crippen molar-refractivity contribution in [2.75, 3.05) is 37.9 Å². The van der Waals surface area contributed by atoms with Crippen LogP contribution in [0.3, 0.4) is 0 Å². The van der Waals surface area contributed by atoms with Crippen molar-refractivity contribution in [1.29, 1.82) is 0 Å². The number of sulfonamides is 1. The molecule has 3 rings (SSSR count). The third-order valence-corrected chi connectivity index (χ3v) is 8.00. The number of amides is 2. The van der Waals surface area contributed by atoms with E-state index in [1.54, 1.807) is 12.1 Å². The van der Waals surface area contributed by atoms with Gasteiger partial charge in [-0.1, -0.05) is 73.5 Å². The van der Waals surface area contributed by atoms with Crippen molar-refractivity contribution in [1.82, 2.24) is 10.2 Å². The second-order valence-corrected chi connectivity index (χ2v) is 12.1. The summed E-state index contributed by atoms with van der Waals surface area (Å²) in [5, 5.41) is 2.98. The molecule has 3 aromatic carbocycles. The molecule has 9 nitrogen and oxygen atoms in total. The Balaban J connectivity index is 2.09. The number of carbonyl (C=O) groups excluding carboxylic acids is 2. The maximum atomic E-state index is 14.3. The first-order valence-corrected chi connectivity index (χ1v) is 15.8. The van der Waals surface area contributed by atoms with Gasteiger partial charge in [0.25, 0.3) is 0 Å². The minimum Gasteiger partial charge on any atom is -0.497 e. The minimum absolute atomic E-state index is 0.117. The number of ether oxygens (including phenoxy) is 2. The van der Waals surface area contributed by atoms with Gasteiger partial charge in [-0.25, -0.2) is 8.42 Å². The molecule has 0 aliphatic heterocycles. The van der Waals surface area contributed by atoms with Gasteiger partial charge in [0.15, 0.2) is 0 Å². The van der Waals surface area contributed by atoms with Crippen molar-refractivity contribution in [2.24, 2.45) is 0 Å². The van der Waals surface area contributed by atoms with Gasteiger partial charge < -0.3 is 19.7 Å². The lowest BCUT2D eigenvalue weighted by molar-refractivity contribution is -0.140. The third-order valence-electron chi connectivity index (χ3n) is 6.87. The average molecular weight is 596 g/mol. The van der Waals surface area contributed by atoms with Crippen molar-refractivity contribution >= 4 is 27.5 Å². The van der Waals surface area contributed by atoms with Crippen LogP contribution in [0.1, 0.15) is 36.5 Å². The van der Waals surface area contributed by atoms with Gasteiger partial charge in [0.05, 0.1) is 26.2 Å². The van der Waals surface area contributed by atoms with Gasteiger partial charge in [-0.15, -0.1) is 0 Å². The molecular formula is C32H41N3O6S. The van der Waals surface area contributed by atoms with Crippen LogP contribution in [-0.2, 0) is 32.6 Å². The number of methoxy groups -OCH3 is 2. The molecule has 0 heterocycles. The standard InChI is InChI=1S/C32H41N3O6S/c1-6-7-18-33-32(37)29(20-25-13-9-8-10-14-25)34(22-26-15-11-12-24(2)19-26)31(36)23-35(42(5,38)39)28-21-27(40-3)16-17-30(28)41-4/h8-17,19,21,29H,6-7,18,20,22-23H2,1-5H3,(H,33,37)/t29-/m1/s1. The number of aryl methyl sites for hydroxylation is 1. The highest BCUT2D eigenvalue weighted by Gasteiger charge is 2.33. The van der Waals surface area contributed by atoms with E-state index < -0.39 is 28.5 Å². The highest BCUT2D eigenvalue weighted by atomic mass is 32.2. The monoisotopic (exact) mass is 595 g/mol. The van der Waals surface area contributed by atoms with E-state index in [9.17, 15) is 18.0 Å². The van der Waals surface area contributed by atoms with Gasteiger partial charge >= 0.3 is 0 Å². The lowest BCUT2D eigenvalue weighted by Crippen LogP contribution is -2.53. The van der Waals surface area contributed by atoms with Crippen LogP contribution in [0.4, 0.5) is 5.69 Å². The Morgan fingerprint density at radius 2 is 1.64 bits per heavy atom. The third kappa shape index (κ3) is 8.97. The second kappa shape index (κ2) is 15.3. The SMILES string of the molecule is CCCCNC(=O)[C@@H](Cc1ccccc1)N(Cc1cccc(C)c1)C(=O)CN(c1cc(OC)ccc1OC)S(C)(=O)=O. The first kappa shape index (κ1) is 32.5. The molecular weight excluding hydrogens is 554 g/mol. The predicted molar refractivity (Wildman–Crippen MR) is 165 cm³/mol. The maximum Gasteiger partial charge on any atom is 0.244 e. The van der Waals surface area contributed by atoms with E-state index in [0.29, 0.717) is 12.3 Å². The molecule has 0 aromatic heterocycles. The maximum absolute atomic E-state index is 14.3. The van der Waals surface area contributed by atoms with Crippen LogP contribution >= 0.6 is 0 Å². The van der Waals surface area contributed by atoms with E-state index >= 15 is 0 Å². The zero-order valence-electron chi connectivity index (χ0n) is 25.0. The second-order valence-electron chi connectivity index (χ2n) is 10.2.